The first-order valence-corrected chi connectivity index (χ1v) is 11.0. The van der Waals surface area contributed by atoms with Crippen molar-refractivity contribution in [3.8, 4) is 0 Å². The summed E-state index contributed by atoms with van der Waals surface area (Å²) in [6, 6.07) is 13.6. The van der Waals surface area contributed by atoms with Gasteiger partial charge in [-0.15, -0.1) is 0 Å². The molecule has 0 aromatic heterocycles. The number of halogens is 1. The summed E-state index contributed by atoms with van der Waals surface area (Å²) in [6.45, 7) is -0.0764. The van der Waals surface area contributed by atoms with Gasteiger partial charge in [0.25, 0.3) is 5.91 Å². The number of likely N-dealkylation sites (N-methyl/N-ethyl adjacent to an activating group) is 1. The van der Waals surface area contributed by atoms with E-state index < -0.39 is 27.7 Å². The van der Waals surface area contributed by atoms with Gasteiger partial charge >= 0.3 is 5.97 Å². The summed E-state index contributed by atoms with van der Waals surface area (Å²) in [4.78, 5) is 26.0. The standard InChI is InChI=1S/C21H23FN2O5S/c1-23(18-5-3-2-4-6-18)20(25)15-29-21(26)16-11-13-24(14-12-16)30(27,28)19-9-7-17(22)8-10-19/h2-10,16H,11-15H2,1H3. The number of esters is 1. The van der Waals surface area contributed by atoms with Crippen molar-refractivity contribution in [1.82, 2.24) is 4.31 Å². The van der Waals surface area contributed by atoms with Gasteiger partial charge in [0.2, 0.25) is 10.0 Å². The van der Waals surface area contributed by atoms with Gasteiger partial charge in [0, 0.05) is 25.8 Å². The van der Waals surface area contributed by atoms with Gasteiger partial charge in [0.15, 0.2) is 6.61 Å². The summed E-state index contributed by atoms with van der Waals surface area (Å²) >= 11 is 0. The highest BCUT2D eigenvalue weighted by atomic mass is 32.2. The number of anilines is 1. The lowest BCUT2D eigenvalue weighted by molar-refractivity contribution is -0.153. The van der Waals surface area contributed by atoms with Crippen LogP contribution in [0.3, 0.4) is 0 Å². The molecule has 2 aromatic rings. The van der Waals surface area contributed by atoms with E-state index in [1.807, 2.05) is 6.07 Å². The Kier molecular flexibility index (Phi) is 6.84. The molecule has 1 heterocycles. The van der Waals surface area contributed by atoms with E-state index in [4.69, 9.17) is 4.74 Å². The van der Waals surface area contributed by atoms with E-state index in [2.05, 4.69) is 0 Å². The molecular formula is C21H23FN2O5S. The lowest BCUT2D eigenvalue weighted by Crippen LogP contribution is -2.41. The average molecular weight is 434 g/mol. The Morgan fingerprint density at radius 1 is 1.07 bits per heavy atom. The molecule has 1 saturated heterocycles. The number of nitrogens with zero attached hydrogens (tertiary/aromatic N) is 2. The maximum absolute atomic E-state index is 13.0. The number of amides is 1. The van der Waals surface area contributed by atoms with Gasteiger partial charge in [-0.25, -0.2) is 12.8 Å². The minimum atomic E-state index is -3.74. The van der Waals surface area contributed by atoms with Crippen LogP contribution in [0, 0.1) is 11.7 Å². The number of piperidine rings is 1. The number of ether oxygens (including phenoxy) is 1. The molecule has 2 aromatic carbocycles. The van der Waals surface area contributed by atoms with Crippen LogP contribution in [0.1, 0.15) is 12.8 Å². The van der Waals surface area contributed by atoms with Crippen molar-refractivity contribution in [3.05, 3.63) is 60.4 Å². The monoisotopic (exact) mass is 434 g/mol. The first-order chi connectivity index (χ1) is 14.3. The second-order valence-electron chi connectivity index (χ2n) is 7.03. The van der Waals surface area contributed by atoms with Crippen molar-refractivity contribution >= 4 is 27.6 Å². The maximum Gasteiger partial charge on any atom is 0.309 e. The van der Waals surface area contributed by atoms with E-state index in [1.165, 1.54) is 21.3 Å². The Morgan fingerprint density at radius 2 is 1.67 bits per heavy atom. The predicted molar refractivity (Wildman–Crippen MR) is 109 cm³/mol. The Bertz CT molecular complexity index is 988. The summed E-state index contributed by atoms with van der Waals surface area (Å²) in [5.74, 6) is -1.85. The van der Waals surface area contributed by atoms with Crippen molar-refractivity contribution in [1.29, 1.82) is 0 Å². The third-order valence-electron chi connectivity index (χ3n) is 5.09. The summed E-state index contributed by atoms with van der Waals surface area (Å²) in [7, 11) is -2.14. The number of hydrogen-bond donors (Lipinski definition) is 0. The highest BCUT2D eigenvalue weighted by Gasteiger charge is 2.33. The van der Waals surface area contributed by atoms with E-state index in [9.17, 15) is 22.4 Å². The second kappa shape index (κ2) is 9.36. The number of benzene rings is 2. The molecule has 0 N–H and O–H groups in total. The van der Waals surface area contributed by atoms with Crippen molar-refractivity contribution < 1.29 is 27.1 Å². The molecule has 1 aliphatic heterocycles. The molecule has 0 bridgehead atoms. The molecule has 0 atom stereocenters. The van der Waals surface area contributed by atoms with Crippen LogP contribution in [0.2, 0.25) is 0 Å². The van der Waals surface area contributed by atoms with Crippen LogP contribution in [0.25, 0.3) is 0 Å². The van der Waals surface area contributed by atoms with Crippen molar-refractivity contribution in [2.75, 3.05) is 31.6 Å². The Labute approximate surface area is 175 Å². The van der Waals surface area contributed by atoms with E-state index in [0.717, 1.165) is 12.1 Å². The average Bonchev–Trinajstić information content (AvgIpc) is 2.77. The molecule has 7 nitrogen and oxygen atoms in total. The van der Waals surface area contributed by atoms with Gasteiger partial charge in [-0.2, -0.15) is 4.31 Å². The third kappa shape index (κ3) is 5.03. The van der Waals surface area contributed by atoms with Gasteiger partial charge in [0.1, 0.15) is 5.82 Å². The second-order valence-corrected chi connectivity index (χ2v) is 8.97. The van der Waals surface area contributed by atoms with Crippen LogP contribution in [0.15, 0.2) is 59.5 Å². The first kappa shape index (κ1) is 21.9. The predicted octanol–water partition coefficient (Wildman–Crippen LogP) is 2.43. The number of hydrogen-bond acceptors (Lipinski definition) is 5. The minimum Gasteiger partial charge on any atom is -0.455 e. The summed E-state index contributed by atoms with van der Waals surface area (Å²) < 4.78 is 44.8. The Balaban J connectivity index is 1.50. The zero-order valence-electron chi connectivity index (χ0n) is 16.5. The number of rotatable bonds is 6. The molecule has 0 unspecified atom stereocenters. The number of carbonyl (C=O) groups excluding carboxylic acids is 2. The largest absolute Gasteiger partial charge is 0.455 e. The molecule has 1 amide bonds. The van der Waals surface area contributed by atoms with Gasteiger partial charge in [-0.05, 0) is 49.2 Å². The molecule has 0 saturated carbocycles. The van der Waals surface area contributed by atoms with E-state index in [0.29, 0.717) is 18.5 Å². The molecule has 0 spiro atoms. The Hall–Kier alpha value is -2.78. The molecule has 3 rings (SSSR count). The fraction of sp³-hybridized carbons (Fsp3) is 0.333. The SMILES string of the molecule is CN(C(=O)COC(=O)C1CCN(S(=O)(=O)c2ccc(F)cc2)CC1)c1ccccc1. The van der Waals surface area contributed by atoms with Gasteiger partial charge in [-0.1, -0.05) is 18.2 Å². The summed E-state index contributed by atoms with van der Waals surface area (Å²) in [5.41, 5.74) is 0.692. The molecule has 0 aliphatic carbocycles. The fourth-order valence-corrected chi connectivity index (χ4v) is 4.70. The quantitative estimate of drug-likeness (QED) is 0.652. The van der Waals surface area contributed by atoms with Crippen LogP contribution >= 0.6 is 0 Å². The van der Waals surface area contributed by atoms with Crippen LogP contribution in [-0.4, -0.2) is 51.3 Å². The van der Waals surface area contributed by atoms with Crippen LogP contribution in [0.4, 0.5) is 10.1 Å². The van der Waals surface area contributed by atoms with Gasteiger partial charge in [-0.3, -0.25) is 9.59 Å². The van der Waals surface area contributed by atoms with Crippen LogP contribution in [0.5, 0.6) is 0 Å². The highest BCUT2D eigenvalue weighted by molar-refractivity contribution is 7.89. The first-order valence-electron chi connectivity index (χ1n) is 9.53. The van der Waals surface area contributed by atoms with Crippen LogP contribution < -0.4 is 4.90 Å². The zero-order valence-corrected chi connectivity index (χ0v) is 17.3. The lowest BCUT2D eigenvalue weighted by atomic mass is 9.98. The number of sulfonamides is 1. The van der Waals surface area contributed by atoms with E-state index in [-0.39, 0.29) is 30.5 Å². The molecule has 1 aliphatic rings. The molecule has 30 heavy (non-hydrogen) atoms. The normalized spacial score (nSPS) is 15.5. The minimum absolute atomic E-state index is 0.0134. The van der Waals surface area contributed by atoms with Crippen molar-refractivity contribution in [3.63, 3.8) is 0 Å². The van der Waals surface area contributed by atoms with Gasteiger partial charge < -0.3 is 9.64 Å². The summed E-state index contributed by atoms with van der Waals surface area (Å²) in [5, 5.41) is 0. The van der Waals surface area contributed by atoms with E-state index >= 15 is 0 Å². The summed E-state index contributed by atoms with van der Waals surface area (Å²) in [6.07, 6.45) is 0.587. The number of carbonyl (C=O) groups is 2. The van der Waals surface area contributed by atoms with Gasteiger partial charge in [0.05, 0.1) is 10.8 Å². The molecule has 9 heteroatoms. The number of para-hydroxylation sites is 1. The third-order valence-corrected chi connectivity index (χ3v) is 7.01. The maximum atomic E-state index is 13.0. The lowest BCUT2D eigenvalue weighted by Gasteiger charge is -2.30. The molecule has 1 fully saturated rings. The smallest absolute Gasteiger partial charge is 0.309 e. The highest BCUT2D eigenvalue weighted by Crippen LogP contribution is 2.25. The molecule has 160 valence electrons. The molecular weight excluding hydrogens is 411 g/mol. The Morgan fingerprint density at radius 3 is 2.27 bits per heavy atom. The van der Waals surface area contributed by atoms with E-state index in [1.54, 1.807) is 31.3 Å². The van der Waals surface area contributed by atoms with Crippen molar-refractivity contribution in [2.24, 2.45) is 5.92 Å². The fourth-order valence-electron chi connectivity index (χ4n) is 3.23. The van der Waals surface area contributed by atoms with Crippen molar-refractivity contribution in [2.45, 2.75) is 17.7 Å². The van der Waals surface area contributed by atoms with Crippen LogP contribution in [-0.2, 0) is 24.3 Å². The molecule has 0 radical (unpaired) electrons. The zero-order chi connectivity index (χ0) is 21.7. The topological polar surface area (TPSA) is 84.0 Å².